The molecule has 0 bridgehead atoms. The summed E-state index contributed by atoms with van der Waals surface area (Å²) in [6.45, 7) is 0. The second-order valence-electron chi connectivity index (χ2n) is 1.94. The Kier molecular flexibility index (Phi) is 1.47. The molecule has 0 radical (unpaired) electrons. The van der Waals surface area contributed by atoms with E-state index in [2.05, 4.69) is 9.97 Å². The maximum absolute atomic E-state index is 5.63. The van der Waals surface area contributed by atoms with Crippen molar-refractivity contribution in [1.82, 2.24) is 9.97 Å². The Labute approximate surface area is 72.0 Å². The van der Waals surface area contributed by atoms with Crippen LogP contribution in [0.4, 0.5) is 0 Å². The van der Waals surface area contributed by atoms with Gasteiger partial charge in [-0.15, -0.1) is 0 Å². The summed E-state index contributed by atoms with van der Waals surface area (Å²) < 4.78 is 4.96. The average molecular weight is 189 g/mol. The van der Waals surface area contributed by atoms with Crippen molar-refractivity contribution >= 4 is 34.4 Å². The van der Waals surface area contributed by atoms with Gasteiger partial charge in [0.05, 0.1) is 5.02 Å². The molecule has 5 heteroatoms. The first kappa shape index (κ1) is 6.88. The minimum Gasteiger partial charge on any atom is -0.426 e. The van der Waals surface area contributed by atoms with Gasteiger partial charge in [0.1, 0.15) is 0 Å². The van der Waals surface area contributed by atoms with E-state index in [4.69, 9.17) is 27.6 Å². The summed E-state index contributed by atoms with van der Waals surface area (Å²) in [4.78, 5) is 7.66. The van der Waals surface area contributed by atoms with Crippen molar-refractivity contribution in [2.24, 2.45) is 0 Å². The van der Waals surface area contributed by atoms with Crippen LogP contribution >= 0.6 is 23.2 Å². The highest BCUT2D eigenvalue weighted by molar-refractivity contribution is 6.31. The van der Waals surface area contributed by atoms with Gasteiger partial charge in [0.15, 0.2) is 11.2 Å². The molecule has 2 heterocycles. The average Bonchev–Trinajstić information content (AvgIpc) is 2.27. The summed E-state index contributed by atoms with van der Waals surface area (Å²) in [6, 6.07) is 1.61. The van der Waals surface area contributed by atoms with E-state index in [0.29, 0.717) is 16.3 Å². The van der Waals surface area contributed by atoms with Gasteiger partial charge < -0.3 is 4.42 Å². The van der Waals surface area contributed by atoms with Gasteiger partial charge in [-0.3, -0.25) is 0 Å². The van der Waals surface area contributed by atoms with Crippen LogP contribution in [0.3, 0.4) is 0 Å². The fraction of sp³-hybridized carbons (Fsp3) is 0. The molecular weight excluding hydrogens is 187 g/mol. The Morgan fingerprint density at radius 1 is 1.36 bits per heavy atom. The van der Waals surface area contributed by atoms with E-state index in [1.165, 1.54) is 6.20 Å². The molecule has 2 aromatic rings. The molecule has 0 unspecified atom stereocenters. The maximum Gasteiger partial charge on any atom is 0.294 e. The normalized spacial score (nSPS) is 10.7. The van der Waals surface area contributed by atoms with E-state index in [1.54, 1.807) is 6.07 Å². The fourth-order valence-electron chi connectivity index (χ4n) is 0.769. The first-order chi connectivity index (χ1) is 5.25. The highest BCUT2D eigenvalue weighted by Gasteiger charge is 2.03. The van der Waals surface area contributed by atoms with E-state index in [9.17, 15) is 0 Å². The SMILES string of the molecule is Clc1cnc2nc(Cl)oc2c1. The number of halogens is 2. The second kappa shape index (κ2) is 2.36. The van der Waals surface area contributed by atoms with Crippen molar-refractivity contribution in [2.45, 2.75) is 0 Å². The van der Waals surface area contributed by atoms with Crippen LogP contribution in [0.25, 0.3) is 11.2 Å². The molecule has 2 rings (SSSR count). The molecule has 0 atom stereocenters. The second-order valence-corrected chi connectivity index (χ2v) is 2.70. The predicted octanol–water partition coefficient (Wildman–Crippen LogP) is 2.53. The van der Waals surface area contributed by atoms with Gasteiger partial charge in [-0.05, 0) is 11.6 Å². The smallest absolute Gasteiger partial charge is 0.294 e. The Hall–Kier alpha value is -0.800. The number of pyridine rings is 1. The van der Waals surface area contributed by atoms with Gasteiger partial charge in [-0.2, -0.15) is 4.98 Å². The summed E-state index contributed by atoms with van der Waals surface area (Å²) in [5.41, 5.74) is 0.974. The molecule has 3 nitrogen and oxygen atoms in total. The number of aromatic nitrogens is 2. The lowest BCUT2D eigenvalue weighted by Crippen LogP contribution is -1.73. The number of hydrogen-bond donors (Lipinski definition) is 0. The molecule has 0 aliphatic heterocycles. The van der Waals surface area contributed by atoms with E-state index < -0.39 is 0 Å². The van der Waals surface area contributed by atoms with Gasteiger partial charge in [0.25, 0.3) is 5.35 Å². The largest absolute Gasteiger partial charge is 0.426 e. The third-order valence-corrected chi connectivity index (χ3v) is 1.56. The van der Waals surface area contributed by atoms with Gasteiger partial charge in [-0.1, -0.05) is 11.6 Å². The monoisotopic (exact) mass is 188 g/mol. The van der Waals surface area contributed by atoms with Crippen molar-refractivity contribution in [1.29, 1.82) is 0 Å². The van der Waals surface area contributed by atoms with E-state index in [0.717, 1.165) is 0 Å². The number of nitrogens with zero attached hydrogens (tertiary/aromatic N) is 2. The first-order valence-electron chi connectivity index (χ1n) is 2.83. The summed E-state index contributed by atoms with van der Waals surface area (Å²) in [5.74, 6) is 0. The number of rotatable bonds is 0. The molecule has 0 aromatic carbocycles. The number of oxazole rings is 1. The van der Waals surface area contributed by atoms with Crippen LogP contribution in [-0.4, -0.2) is 9.97 Å². The third-order valence-electron chi connectivity index (χ3n) is 1.19. The fourth-order valence-corrected chi connectivity index (χ4v) is 1.08. The molecule has 0 amide bonds. The van der Waals surface area contributed by atoms with Crippen LogP contribution in [0.15, 0.2) is 16.7 Å². The Morgan fingerprint density at radius 3 is 3.00 bits per heavy atom. The summed E-state index contributed by atoms with van der Waals surface area (Å²) in [7, 11) is 0. The lowest BCUT2D eigenvalue weighted by atomic mass is 10.5. The minimum atomic E-state index is 0.0785. The first-order valence-corrected chi connectivity index (χ1v) is 3.59. The lowest BCUT2D eigenvalue weighted by Gasteiger charge is -1.84. The Bertz CT molecular complexity index is 398. The summed E-state index contributed by atoms with van der Waals surface area (Å²) >= 11 is 11.1. The quantitative estimate of drug-likeness (QED) is 0.638. The van der Waals surface area contributed by atoms with Crippen molar-refractivity contribution in [3.8, 4) is 0 Å². The van der Waals surface area contributed by atoms with Gasteiger partial charge in [-0.25, -0.2) is 4.98 Å². The minimum absolute atomic E-state index is 0.0785. The van der Waals surface area contributed by atoms with Crippen LogP contribution in [0, 0.1) is 0 Å². The predicted molar refractivity (Wildman–Crippen MR) is 41.8 cm³/mol. The Balaban J connectivity index is 2.82. The van der Waals surface area contributed by atoms with Gasteiger partial charge in [0.2, 0.25) is 0 Å². The molecule has 0 aliphatic rings. The van der Waals surface area contributed by atoms with Crippen molar-refractivity contribution in [3.63, 3.8) is 0 Å². The maximum atomic E-state index is 5.63. The van der Waals surface area contributed by atoms with E-state index in [-0.39, 0.29) is 5.35 Å². The molecule has 56 valence electrons. The van der Waals surface area contributed by atoms with Gasteiger partial charge in [0, 0.05) is 12.3 Å². The molecule has 0 fully saturated rings. The highest BCUT2D eigenvalue weighted by atomic mass is 35.5. The molecule has 0 spiro atoms. The summed E-state index contributed by atoms with van der Waals surface area (Å²) in [6.07, 6.45) is 1.49. The Morgan fingerprint density at radius 2 is 2.18 bits per heavy atom. The number of fused-ring (bicyclic) bond motifs is 1. The van der Waals surface area contributed by atoms with Crippen molar-refractivity contribution < 1.29 is 4.42 Å². The molecule has 0 saturated carbocycles. The molecule has 0 N–H and O–H groups in total. The van der Waals surface area contributed by atoms with Crippen LogP contribution in [0.2, 0.25) is 10.4 Å². The zero-order chi connectivity index (χ0) is 7.84. The topological polar surface area (TPSA) is 38.9 Å². The molecule has 2 aromatic heterocycles. The van der Waals surface area contributed by atoms with Crippen LogP contribution in [0.5, 0.6) is 0 Å². The zero-order valence-corrected chi connectivity index (χ0v) is 6.73. The lowest BCUT2D eigenvalue weighted by molar-refractivity contribution is 0.604. The van der Waals surface area contributed by atoms with E-state index in [1.807, 2.05) is 0 Å². The highest BCUT2D eigenvalue weighted by Crippen LogP contribution is 2.19. The third kappa shape index (κ3) is 1.17. The molecular formula is C6H2Cl2N2O. The standard InChI is InChI=1S/C6H2Cl2N2O/c7-3-1-4-5(9-2-3)10-6(8)11-4/h1-2H. The van der Waals surface area contributed by atoms with Crippen LogP contribution < -0.4 is 0 Å². The van der Waals surface area contributed by atoms with Crippen LogP contribution in [-0.2, 0) is 0 Å². The number of hydrogen-bond acceptors (Lipinski definition) is 3. The molecule has 0 saturated heterocycles. The molecule has 0 aliphatic carbocycles. The summed E-state index contributed by atoms with van der Waals surface area (Å²) in [5, 5.41) is 0.583. The van der Waals surface area contributed by atoms with Crippen molar-refractivity contribution in [2.75, 3.05) is 0 Å². The molecule has 11 heavy (non-hydrogen) atoms. The van der Waals surface area contributed by atoms with E-state index >= 15 is 0 Å². The zero-order valence-electron chi connectivity index (χ0n) is 5.21. The van der Waals surface area contributed by atoms with Gasteiger partial charge >= 0.3 is 0 Å². The van der Waals surface area contributed by atoms with Crippen molar-refractivity contribution in [3.05, 3.63) is 22.6 Å². The van der Waals surface area contributed by atoms with Crippen LogP contribution in [0.1, 0.15) is 0 Å².